The third-order valence-corrected chi connectivity index (χ3v) is 1.93. The summed E-state index contributed by atoms with van der Waals surface area (Å²) < 4.78 is 0. The Kier molecular flexibility index (Phi) is 1.39. The van der Waals surface area contributed by atoms with Crippen molar-refractivity contribution in [2.75, 3.05) is 0 Å². The van der Waals surface area contributed by atoms with Crippen LogP contribution in [-0.4, -0.2) is 11.8 Å². The minimum atomic E-state index is -0.0787. The van der Waals surface area contributed by atoms with Gasteiger partial charge in [0.1, 0.15) is 6.04 Å². The zero-order chi connectivity index (χ0) is 7.68. The van der Waals surface area contributed by atoms with Gasteiger partial charge in [0.2, 0.25) is 0 Å². The van der Waals surface area contributed by atoms with Gasteiger partial charge in [-0.05, 0) is 17.8 Å². The molecule has 0 amide bonds. The molecule has 1 aliphatic carbocycles. The van der Waals surface area contributed by atoms with Crippen molar-refractivity contribution in [1.29, 1.82) is 0 Å². The fourth-order valence-electron chi connectivity index (χ4n) is 1.36. The van der Waals surface area contributed by atoms with Gasteiger partial charge in [-0.15, -0.1) is 0 Å². The molecule has 0 saturated carbocycles. The molecule has 1 atom stereocenters. The van der Waals surface area contributed by atoms with Crippen molar-refractivity contribution < 1.29 is 4.79 Å². The third-order valence-electron chi connectivity index (χ3n) is 1.93. The molecular formula is C9H9NO. The fourth-order valence-corrected chi connectivity index (χ4v) is 1.36. The average Bonchev–Trinajstić information content (AvgIpc) is 2.06. The van der Waals surface area contributed by atoms with E-state index in [0.29, 0.717) is 6.42 Å². The normalized spacial score (nSPS) is 27.5. The Bertz CT molecular complexity index is 273. The van der Waals surface area contributed by atoms with Gasteiger partial charge in [0.25, 0.3) is 0 Å². The van der Waals surface area contributed by atoms with E-state index < -0.39 is 0 Å². The largest absolute Gasteiger partial charge is 0.378 e. The van der Waals surface area contributed by atoms with Crippen molar-refractivity contribution >= 4 is 5.78 Å². The van der Waals surface area contributed by atoms with Gasteiger partial charge in [-0.1, -0.05) is 18.2 Å². The van der Waals surface area contributed by atoms with Gasteiger partial charge in [0.15, 0.2) is 5.78 Å². The SMILES string of the molecule is O=C1CC=CC2=CC=CNC12. The average molecular weight is 147 g/mol. The number of ketones is 1. The van der Waals surface area contributed by atoms with Crippen LogP contribution in [0.1, 0.15) is 6.42 Å². The van der Waals surface area contributed by atoms with Crippen LogP contribution in [-0.2, 0) is 4.79 Å². The lowest BCUT2D eigenvalue weighted by Gasteiger charge is -2.22. The second-order valence-corrected chi connectivity index (χ2v) is 2.70. The number of carbonyl (C=O) groups is 1. The molecule has 0 aromatic heterocycles. The first kappa shape index (κ1) is 6.40. The van der Waals surface area contributed by atoms with Gasteiger partial charge in [-0.3, -0.25) is 4.79 Å². The van der Waals surface area contributed by atoms with Gasteiger partial charge in [0, 0.05) is 6.42 Å². The van der Waals surface area contributed by atoms with Gasteiger partial charge < -0.3 is 5.32 Å². The van der Waals surface area contributed by atoms with Crippen molar-refractivity contribution in [2.24, 2.45) is 0 Å². The quantitative estimate of drug-likeness (QED) is 0.552. The summed E-state index contributed by atoms with van der Waals surface area (Å²) in [6.45, 7) is 0. The molecule has 1 heterocycles. The Morgan fingerprint density at radius 2 is 2.45 bits per heavy atom. The predicted octanol–water partition coefficient (Wildman–Crippen LogP) is 0.927. The minimum Gasteiger partial charge on any atom is -0.378 e. The molecule has 0 spiro atoms. The molecule has 1 unspecified atom stereocenters. The summed E-state index contributed by atoms with van der Waals surface area (Å²) in [5.41, 5.74) is 1.07. The molecule has 0 bridgehead atoms. The highest BCUT2D eigenvalue weighted by Gasteiger charge is 2.22. The Labute approximate surface area is 65.3 Å². The molecular weight excluding hydrogens is 138 g/mol. The molecule has 0 aromatic rings. The Morgan fingerprint density at radius 1 is 1.55 bits per heavy atom. The van der Waals surface area contributed by atoms with Crippen molar-refractivity contribution in [3.05, 3.63) is 36.1 Å². The summed E-state index contributed by atoms with van der Waals surface area (Å²) in [5.74, 6) is 0.253. The maximum absolute atomic E-state index is 11.2. The number of carbonyl (C=O) groups excluding carboxylic acids is 1. The van der Waals surface area contributed by atoms with E-state index in [-0.39, 0.29) is 11.8 Å². The van der Waals surface area contributed by atoms with Gasteiger partial charge in [-0.25, -0.2) is 0 Å². The van der Waals surface area contributed by atoms with E-state index in [9.17, 15) is 4.79 Å². The Morgan fingerprint density at radius 3 is 3.27 bits per heavy atom. The molecule has 2 nitrogen and oxygen atoms in total. The summed E-state index contributed by atoms with van der Waals surface area (Å²) in [5, 5.41) is 3.02. The van der Waals surface area contributed by atoms with E-state index in [1.165, 1.54) is 0 Å². The van der Waals surface area contributed by atoms with E-state index >= 15 is 0 Å². The molecule has 1 N–H and O–H groups in total. The lowest BCUT2D eigenvalue weighted by Crippen LogP contribution is -2.37. The zero-order valence-electron chi connectivity index (χ0n) is 6.08. The van der Waals surface area contributed by atoms with Crippen molar-refractivity contribution in [3.8, 4) is 0 Å². The number of rotatable bonds is 0. The molecule has 11 heavy (non-hydrogen) atoms. The maximum atomic E-state index is 11.2. The van der Waals surface area contributed by atoms with Crippen LogP contribution in [0.25, 0.3) is 0 Å². The van der Waals surface area contributed by atoms with Crippen LogP contribution in [0.5, 0.6) is 0 Å². The molecule has 56 valence electrons. The standard InChI is InChI=1S/C9H9NO/c11-8-5-1-3-7-4-2-6-10-9(7)8/h1-4,6,9-10H,5H2. The summed E-state index contributed by atoms with van der Waals surface area (Å²) in [7, 11) is 0. The number of hydrogen-bond donors (Lipinski definition) is 1. The number of allylic oxidation sites excluding steroid dienone is 3. The smallest absolute Gasteiger partial charge is 0.163 e. The monoisotopic (exact) mass is 147 g/mol. The van der Waals surface area contributed by atoms with E-state index in [4.69, 9.17) is 0 Å². The Hall–Kier alpha value is -1.31. The minimum absolute atomic E-state index is 0.0787. The predicted molar refractivity (Wildman–Crippen MR) is 42.9 cm³/mol. The molecule has 0 saturated heterocycles. The fraction of sp³-hybridized carbons (Fsp3) is 0.222. The maximum Gasteiger partial charge on any atom is 0.163 e. The van der Waals surface area contributed by atoms with E-state index in [0.717, 1.165) is 5.57 Å². The van der Waals surface area contributed by atoms with Gasteiger partial charge in [-0.2, -0.15) is 0 Å². The number of nitrogens with one attached hydrogen (secondary N) is 1. The molecule has 0 radical (unpaired) electrons. The van der Waals surface area contributed by atoms with Crippen LogP contribution in [0.2, 0.25) is 0 Å². The highest BCUT2D eigenvalue weighted by atomic mass is 16.1. The molecule has 2 rings (SSSR count). The number of hydrogen-bond acceptors (Lipinski definition) is 2. The highest BCUT2D eigenvalue weighted by Crippen LogP contribution is 2.16. The molecule has 1 aliphatic heterocycles. The van der Waals surface area contributed by atoms with Crippen molar-refractivity contribution in [2.45, 2.75) is 12.5 Å². The summed E-state index contributed by atoms with van der Waals surface area (Å²) >= 11 is 0. The zero-order valence-corrected chi connectivity index (χ0v) is 6.08. The van der Waals surface area contributed by atoms with Crippen molar-refractivity contribution in [1.82, 2.24) is 5.32 Å². The topological polar surface area (TPSA) is 29.1 Å². The lowest BCUT2D eigenvalue weighted by atomic mass is 9.93. The molecule has 0 fully saturated rings. The van der Waals surface area contributed by atoms with Crippen LogP contribution in [0.4, 0.5) is 0 Å². The molecule has 2 heteroatoms. The molecule has 0 aromatic carbocycles. The lowest BCUT2D eigenvalue weighted by molar-refractivity contribution is -0.119. The summed E-state index contributed by atoms with van der Waals surface area (Å²) in [4.78, 5) is 11.2. The van der Waals surface area contributed by atoms with E-state index in [1.54, 1.807) is 0 Å². The van der Waals surface area contributed by atoms with Crippen molar-refractivity contribution in [3.63, 3.8) is 0 Å². The Balaban J connectivity index is 2.36. The summed E-state index contributed by atoms with van der Waals surface area (Å²) in [6.07, 6.45) is 10.2. The second-order valence-electron chi connectivity index (χ2n) is 2.70. The van der Waals surface area contributed by atoms with Crippen LogP contribution in [0.3, 0.4) is 0 Å². The second kappa shape index (κ2) is 2.38. The first-order chi connectivity index (χ1) is 5.38. The first-order valence-corrected chi connectivity index (χ1v) is 3.70. The number of Topliss-reactive ketones (excluding diaryl/α,β-unsaturated/α-hetero) is 1. The van der Waals surface area contributed by atoms with Crippen LogP contribution in [0, 0.1) is 0 Å². The third kappa shape index (κ3) is 1.00. The van der Waals surface area contributed by atoms with Gasteiger partial charge >= 0.3 is 0 Å². The van der Waals surface area contributed by atoms with Crippen LogP contribution in [0.15, 0.2) is 36.1 Å². The van der Waals surface area contributed by atoms with E-state index in [2.05, 4.69) is 5.32 Å². The summed E-state index contributed by atoms with van der Waals surface area (Å²) in [6, 6.07) is -0.0787. The van der Waals surface area contributed by atoms with E-state index in [1.807, 2.05) is 30.5 Å². The molecule has 2 aliphatic rings. The number of fused-ring (bicyclic) bond motifs is 1. The van der Waals surface area contributed by atoms with Gasteiger partial charge in [0.05, 0.1) is 0 Å². The van der Waals surface area contributed by atoms with Crippen LogP contribution >= 0.6 is 0 Å². The van der Waals surface area contributed by atoms with Crippen LogP contribution < -0.4 is 5.32 Å². The number of dihydropyridines is 1. The first-order valence-electron chi connectivity index (χ1n) is 3.70. The highest BCUT2D eigenvalue weighted by molar-refractivity contribution is 5.91.